The summed E-state index contributed by atoms with van der Waals surface area (Å²) in [6.45, 7) is 3.97. The van der Waals surface area contributed by atoms with E-state index < -0.39 is 0 Å². The van der Waals surface area contributed by atoms with Gasteiger partial charge in [0, 0.05) is 50.3 Å². The first kappa shape index (κ1) is 15.0. The zero-order valence-corrected chi connectivity index (χ0v) is 13.7. The molecule has 6 heteroatoms. The lowest BCUT2D eigenvalue weighted by Gasteiger charge is -2.38. The quantitative estimate of drug-likeness (QED) is 0.871. The van der Waals surface area contributed by atoms with Gasteiger partial charge in [-0.05, 0) is 25.8 Å². The first-order valence-corrected chi connectivity index (χ1v) is 7.89. The van der Waals surface area contributed by atoms with Crippen molar-refractivity contribution in [3.05, 3.63) is 41.6 Å². The van der Waals surface area contributed by atoms with E-state index in [0.29, 0.717) is 6.04 Å². The highest BCUT2D eigenvalue weighted by Crippen LogP contribution is 2.28. The number of piperidine rings is 1. The molecule has 0 radical (unpaired) electrons. The molecule has 0 N–H and O–H groups in total. The normalized spacial score (nSPS) is 15.9. The third kappa shape index (κ3) is 3.14. The number of halogens is 1. The van der Waals surface area contributed by atoms with Crippen LogP contribution < -0.4 is 9.80 Å². The minimum Gasteiger partial charge on any atom is -0.370 e. The lowest BCUT2D eigenvalue weighted by Crippen LogP contribution is -2.44. The molecule has 3 rings (SSSR count). The molecule has 1 fully saturated rings. The molecule has 0 aromatic carbocycles. The van der Waals surface area contributed by atoms with Crippen LogP contribution in [0.15, 0.2) is 30.9 Å². The third-order valence-electron chi connectivity index (χ3n) is 4.25. The molecule has 2 aromatic rings. The van der Waals surface area contributed by atoms with Crippen LogP contribution in [-0.2, 0) is 0 Å². The number of pyridine rings is 1. The predicted molar refractivity (Wildman–Crippen MR) is 89.7 cm³/mol. The number of hydrogen-bond acceptors (Lipinski definition) is 5. The molecule has 0 spiro atoms. The second-order valence-corrected chi connectivity index (χ2v) is 6.08. The molecule has 0 saturated carbocycles. The van der Waals surface area contributed by atoms with Gasteiger partial charge in [0.2, 0.25) is 0 Å². The van der Waals surface area contributed by atoms with Crippen LogP contribution in [0.25, 0.3) is 0 Å². The Morgan fingerprint density at radius 3 is 2.73 bits per heavy atom. The molecule has 1 aliphatic rings. The minimum absolute atomic E-state index is 0.492. The van der Waals surface area contributed by atoms with E-state index in [9.17, 15) is 0 Å². The Morgan fingerprint density at radius 2 is 2.05 bits per heavy atom. The van der Waals surface area contributed by atoms with E-state index in [1.165, 1.54) is 0 Å². The molecule has 0 atom stereocenters. The van der Waals surface area contributed by atoms with Crippen molar-refractivity contribution in [2.75, 3.05) is 29.9 Å². The highest BCUT2D eigenvalue weighted by Gasteiger charge is 2.24. The molecule has 3 heterocycles. The molecule has 1 saturated heterocycles. The molecule has 5 nitrogen and oxygen atoms in total. The standard InChI is InChI=1S/C16H20ClN5/c1-12-9-16(20-11-19-12)21(2)13-4-7-22(8-5-13)15-3-6-18-10-14(15)17/h3,6,9-11,13H,4-5,7-8H2,1-2H3. The van der Waals surface area contributed by atoms with Gasteiger partial charge in [-0.25, -0.2) is 9.97 Å². The van der Waals surface area contributed by atoms with Crippen LogP contribution in [0.4, 0.5) is 11.5 Å². The zero-order valence-electron chi connectivity index (χ0n) is 12.9. The van der Waals surface area contributed by atoms with Crippen LogP contribution in [0.3, 0.4) is 0 Å². The van der Waals surface area contributed by atoms with E-state index in [4.69, 9.17) is 11.6 Å². The van der Waals surface area contributed by atoms with Crippen molar-refractivity contribution in [2.24, 2.45) is 0 Å². The third-order valence-corrected chi connectivity index (χ3v) is 4.55. The van der Waals surface area contributed by atoms with Gasteiger partial charge in [-0.2, -0.15) is 0 Å². The monoisotopic (exact) mass is 317 g/mol. The average Bonchev–Trinajstić information content (AvgIpc) is 2.55. The van der Waals surface area contributed by atoms with E-state index in [-0.39, 0.29) is 0 Å². The molecule has 0 bridgehead atoms. The lowest BCUT2D eigenvalue weighted by atomic mass is 10.0. The van der Waals surface area contributed by atoms with Crippen molar-refractivity contribution in [3.63, 3.8) is 0 Å². The van der Waals surface area contributed by atoms with Crippen LogP contribution in [0.1, 0.15) is 18.5 Å². The molecule has 0 amide bonds. The topological polar surface area (TPSA) is 45.2 Å². The van der Waals surface area contributed by atoms with Gasteiger partial charge >= 0.3 is 0 Å². The number of aryl methyl sites for hydroxylation is 1. The molecular formula is C16H20ClN5. The molecule has 2 aromatic heterocycles. The van der Waals surface area contributed by atoms with Crippen molar-refractivity contribution in [2.45, 2.75) is 25.8 Å². The van der Waals surface area contributed by atoms with E-state index >= 15 is 0 Å². The van der Waals surface area contributed by atoms with Gasteiger partial charge in [0.25, 0.3) is 0 Å². The van der Waals surface area contributed by atoms with Crippen molar-refractivity contribution in [1.82, 2.24) is 15.0 Å². The molecule has 0 aliphatic carbocycles. The number of anilines is 2. The molecule has 0 unspecified atom stereocenters. The largest absolute Gasteiger partial charge is 0.370 e. The Kier molecular flexibility index (Phi) is 4.43. The Balaban J connectivity index is 1.65. The fourth-order valence-electron chi connectivity index (χ4n) is 2.94. The Bertz CT molecular complexity index is 640. The van der Waals surface area contributed by atoms with Gasteiger partial charge in [0.1, 0.15) is 12.1 Å². The summed E-state index contributed by atoms with van der Waals surface area (Å²) in [4.78, 5) is 17.2. The van der Waals surface area contributed by atoms with Crippen LogP contribution in [-0.4, -0.2) is 41.1 Å². The molecule has 1 aliphatic heterocycles. The Hall–Kier alpha value is -1.88. The summed E-state index contributed by atoms with van der Waals surface area (Å²) in [6.07, 6.45) is 7.30. The van der Waals surface area contributed by atoms with Gasteiger partial charge < -0.3 is 9.80 Å². The van der Waals surface area contributed by atoms with Gasteiger partial charge in [-0.1, -0.05) is 11.6 Å². The van der Waals surface area contributed by atoms with E-state index in [0.717, 1.165) is 48.2 Å². The summed E-state index contributed by atoms with van der Waals surface area (Å²) >= 11 is 6.24. The van der Waals surface area contributed by atoms with Crippen molar-refractivity contribution in [3.8, 4) is 0 Å². The molecule has 116 valence electrons. The summed E-state index contributed by atoms with van der Waals surface area (Å²) < 4.78 is 0. The number of rotatable bonds is 3. The van der Waals surface area contributed by atoms with Gasteiger partial charge in [-0.15, -0.1) is 0 Å². The SMILES string of the molecule is Cc1cc(N(C)C2CCN(c3ccncc3Cl)CC2)ncn1. The Morgan fingerprint density at radius 1 is 1.27 bits per heavy atom. The smallest absolute Gasteiger partial charge is 0.132 e. The fraction of sp³-hybridized carbons (Fsp3) is 0.438. The summed E-state index contributed by atoms with van der Waals surface area (Å²) in [5.74, 6) is 0.993. The second kappa shape index (κ2) is 6.48. The second-order valence-electron chi connectivity index (χ2n) is 5.67. The highest BCUT2D eigenvalue weighted by molar-refractivity contribution is 6.33. The van der Waals surface area contributed by atoms with Crippen LogP contribution in [0, 0.1) is 6.92 Å². The van der Waals surface area contributed by atoms with Crippen molar-refractivity contribution < 1.29 is 0 Å². The Labute approximate surface area is 136 Å². The highest BCUT2D eigenvalue weighted by atomic mass is 35.5. The maximum absolute atomic E-state index is 6.24. The summed E-state index contributed by atoms with van der Waals surface area (Å²) in [6, 6.07) is 4.51. The van der Waals surface area contributed by atoms with Gasteiger partial charge in [-0.3, -0.25) is 4.98 Å². The minimum atomic E-state index is 0.492. The fourth-order valence-corrected chi connectivity index (χ4v) is 3.18. The summed E-state index contributed by atoms with van der Waals surface area (Å²) in [7, 11) is 2.11. The number of nitrogens with zero attached hydrogens (tertiary/aromatic N) is 5. The maximum Gasteiger partial charge on any atom is 0.132 e. The summed E-state index contributed by atoms with van der Waals surface area (Å²) in [5, 5.41) is 0.723. The number of aromatic nitrogens is 3. The average molecular weight is 318 g/mol. The molecular weight excluding hydrogens is 298 g/mol. The summed E-state index contributed by atoms with van der Waals surface area (Å²) in [5.41, 5.74) is 2.08. The van der Waals surface area contributed by atoms with Gasteiger partial charge in [0.05, 0.1) is 10.7 Å². The first-order valence-electron chi connectivity index (χ1n) is 7.51. The maximum atomic E-state index is 6.24. The lowest BCUT2D eigenvalue weighted by molar-refractivity contribution is 0.480. The van der Waals surface area contributed by atoms with Crippen LogP contribution in [0.5, 0.6) is 0 Å². The van der Waals surface area contributed by atoms with Crippen LogP contribution in [0.2, 0.25) is 5.02 Å². The van der Waals surface area contributed by atoms with Crippen molar-refractivity contribution in [1.29, 1.82) is 0 Å². The van der Waals surface area contributed by atoms with E-state index in [1.807, 2.05) is 19.1 Å². The van der Waals surface area contributed by atoms with Gasteiger partial charge in [0.15, 0.2) is 0 Å². The van der Waals surface area contributed by atoms with E-state index in [1.54, 1.807) is 18.7 Å². The predicted octanol–water partition coefficient (Wildman–Crippen LogP) is 2.94. The van der Waals surface area contributed by atoms with Crippen molar-refractivity contribution >= 4 is 23.1 Å². The first-order chi connectivity index (χ1) is 10.6. The molecule has 22 heavy (non-hydrogen) atoms. The zero-order chi connectivity index (χ0) is 15.5. The number of hydrogen-bond donors (Lipinski definition) is 0. The van der Waals surface area contributed by atoms with Crippen LogP contribution >= 0.6 is 11.6 Å². The van der Waals surface area contributed by atoms with E-state index in [2.05, 4.69) is 31.8 Å².